The van der Waals surface area contributed by atoms with Crippen molar-refractivity contribution >= 4 is 35.2 Å². The van der Waals surface area contributed by atoms with Gasteiger partial charge in [-0.3, -0.25) is 0 Å². The van der Waals surface area contributed by atoms with E-state index in [1.54, 1.807) is 8.92 Å². The molecule has 0 bridgehead atoms. The van der Waals surface area contributed by atoms with Gasteiger partial charge in [0.1, 0.15) is 0 Å². The van der Waals surface area contributed by atoms with E-state index in [1.807, 2.05) is 0 Å². The van der Waals surface area contributed by atoms with Crippen LogP contribution in [0.4, 0.5) is 0 Å². The van der Waals surface area contributed by atoms with Gasteiger partial charge in [0.05, 0.1) is 0 Å². The maximum atomic E-state index is 2.34. The molecule has 0 saturated carbocycles. The molecule has 2 heteroatoms. The zero-order chi connectivity index (χ0) is 14.9. The van der Waals surface area contributed by atoms with Crippen LogP contribution < -0.4 is 8.92 Å². The summed E-state index contributed by atoms with van der Waals surface area (Å²) in [5.41, 5.74) is 8.78. The van der Waals surface area contributed by atoms with E-state index in [4.69, 9.17) is 0 Å². The molecule has 20 heavy (non-hydrogen) atoms. The van der Waals surface area contributed by atoms with Gasteiger partial charge in [-0.15, -0.1) is 0 Å². The molecule has 0 aliphatic carbocycles. The summed E-state index contributed by atoms with van der Waals surface area (Å²) in [5, 5.41) is 0. The molecule has 0 fully saturated rings. The first kappa shape index (κ1) is 15.9. The van der Waals surface area contributed by atoms with Gasteiger partial charge < -0.3 is 0 Å². The Labute approximate surface area is 134 Å². The summed E-state index contributed by atoms with van der Waals surface area (Å²) >= 11 is 1.17. The van der Waals surface area contributed by atoms with Crippen LogP contribution in [0.3, 0.4) is 0 Å². The summed E-state index contributed by atoms with van der Waals surface area (Å²) < 4.78 is 3.16. The Morgan fingerprint density at radius 1 is 0.500 bits per heavy atom. The average molecular weight is 396 g/mol. The summed E-state index contributed by atoms with van der Waals surface area (Å²) in [6.45, 7) is 13.5. The van der Waals surface area contributed by atoms with Crippen molar-refractivity contribution in [3.8, 4) is 0 Å². The minimum absolute atomic E-state index is 0.585. The molecule has 0 amide bonds. The average Bonchev–Trinajstić information content (AvgIpc) is 2.43. The van der Waals surface area contributed by atoms with Crippen molar-refractivity contribution in [2.75, 3.05) is 0 Å². The van der Waals surface area contributed by atoms with Crippen LogP contribution in [-0.4, -0.2) is 26.3 Å². The Bertz CT molecular complexity index is 585. The molecule has 2 aromatic rings. The van der Waals surface area contributed by atoms with E-state index < -0.39 is 0 Å². The first-order chi connectivity index (χ1) is 9.41. The van der Waals surface area contributed by atoms with Crippen LogP contribution in [0.1, 0.15) is 33.4 Å². The summed E-state index contributed by atoms with van der Waals surface area (Å²) in [4.78, 5) is 0. The molecule has 0 spiro atoms. The van der Waals surface area contributed by atoms with Crippen molar-refractivity contribution in [3.05, 3.63) is 57.6 Å². The standard InChI is InChI=1S/C18H22Se2/c1-11-7-9-17(15(5)13(11)3)19-20-18-10-8-12(2)14(4)16(18)6/h7-10H,1-6H3. The fourth-order valence-corrected chi connectivity index (χ4v) is 10.1. The van der Waals surface area contributed by atoms with Gasteiger partial charge in [-0.05, 0) is 0 Å². The number of rotatable bonds is 3. The molecule has 0 unspecified atom stereocenters. The van der Waals surface area contributed by atoms with E-state index in [-0.39, 0.29) is 0 Å². The predicted octanol–water partition coefficient (Wildman–Crippen LogP) is 2.81. The molecule has 0 saturated heterocycles. The van der Waals surface area contributed by atoms with E-state index in [2.05, 4.69) is 65.8 Å². The monoisotopic (exact) mass is 398 g/mol. The molecule has 0 radical (unpaired) electrons. The molecule has 2 aromatic carbocycles. The summed E-state index contributed by atoms with van der Waals surface area (Å²) in [5.74, 6) is 0. The van der Waals surface area contributed by atoms with Crippen LogP contribution in [0.5, 0.6) is 0 Å². The topological polar surface area (TPSA) is 0 Å². The normalized spacial score (nSPS) is 10.9. The number of hydrogen-bond donors (Lipinski definition) is 0. The van der Waals surface area contributed by atoms with Crippen molar-refractivity contribution in [1.29, 1.82) is 0 Å². The van der Waals surface area contributed by atoms with Crippen LogP contribution in [0.15, 0.2) is 24.3 Å². The van der Waals surface area contributed by atoms with Gasteiger partial charge in [0.2, 0.25) is 0 Å². The van der Waals surface area contributed by atoms with Crippen molar-refractivity contribution in [2.45, 2.75) is 41.5 Å². The van der Waals surface area contributed by atoms with Crippen molar-refractivity contribution < 1.29 is 0 Å². The summed E-state index contributed by atoms with van der Waals surface area (Å²) in [6, 6.07) is 9.25. The van der Waals surface area contributed by atoms with E-state index in [0.717, 1.165) is 0 Å². The third-order valence-corrected chi connectivity index (χ3v) is 11.8. The van der Waals surface area contributed by atoms with Crippen LogP contribution >= 0.6 is 0 Å². The Balaban J connectivity index is 2.22. The molecule has 0 N–H and O–H groups in total. The number of aryl methyl sites for hydroxylation is 2. The Morgan fingerprint density at radius 2 is 0.850 bits per heavy atom. The van der Waals surface area contributed by atoms with Gasteiger partial charge in [-0.1, -0.05) is 0 Å². The molecule has 2 rings (SSSR count). The van der Waals surface area contributed by atoms with Gasteiger partial charge in [0.15, 0.2) is 0 Å². The second-order valence-electron chi connectivity index (χ2n) is 5.43. The zero-order valence-corrected chi connectivity index (χ0v) is 16.6. The molecule has 0 heterocycles. The Kier molecular flexibility index (Phi) is 5.15. The van der Waals surface area contributed by atoms with Crippen molar-refractivity contribution in [1.82, 2.24) is 0 Å². The zero-order valence-electron chi connectivity index (χ0n) is 13.1. The van der Waals surface area contributed by atoms with Crippen LogP contribution in [0.2, 0.25) is 0 Å². The van der Waals surface area contributed by atoms with Crippen molar-refractivity contribution in [3.63, 3.8) is 0 Å². The molecule has 0 aromatic heterocycles. The fraction of sp³-hybridized carbons (Fsp3) is 0.333. The van der Waals surface area contributed by atoms with Gasteiger partial charge in [0.25, 0.3) is 0 Å². The molecule has 0 aliphatic heterocycles. The van der Waals surface area contributed by atoms with Gasteiger partial charge >= 0.3 is 134 Å². The van der Waals surface area contributed by atoms with Crippen LogP contribution in [0, 0.1) is 41.5 Å². The summed E-state index contributed by atoms with van der Waals surface area (Å²) in [7, 11) is 0. The fourth-order valence-electron chi connectivity index (χ4n) is 2.13. The molecular formula is C18H22Se2. The van der Waals surface area contributed by atoms with E-state index in [9.17, 15) is 0 Å². The Morgan fingerprint density at radius 3 is 1.20 bits per heavy atom. The van der Waals surface area contributed by atoms with Crippen molar-refractivity contribution in [2.24, 2.45) is 0 Å². The van der Waals surface area contributed by atoms with Gasteiger partial charge in [-0.25, -0.2) is 0 Å². The minimum atomic E-state index is 0.585. The molecule has 0 nitrogen and oxygen atoms in total. The number of benzene rings is 2. The number of hydrogen-bond acceptors (Lipinski definition) is 0. The van der Waals surface area contributed by atoms with Crippen LogP contribution in [0.25, 0.3) is 0 Å². The first-order valence-electron chi connectivity index (χ1n) is 6.90. The van der Waals surface area contributed by atoms with Gasteiger partial charge in [-0.2, -0.15) is 0 Å². The van der Waals surface area contributed by atoms with E-state index >= 15 is 0 Å². The second-order valence-corrected chi connectivity index (χ2v) is 11.6. The van der Waals surface area contributed by atoms with Crippen LogP contribution in [-0.2, 0) is 0 Å². The quantitative estimate of drug-likeness (QED) is 0.701. The Hall–Kier alpha value is -0.521. The molecular weight excluding hydrogens is 374 g/mol. The third kappa shape index (κ3) is 3.21. The SMILES string of the molecule is Cc1ccc([Se][Se]c2ccc(C)c(C)c2C)c(C)c1C. The molecule has 0 atom stereocenters. The molecule has 0 aliphatic rings. The molecule has 106 valence electrons. The summed E-state index contributed by atoms with van der Waals surface area (Å²) in [6.07, 6.45) is 0. The second kappa shape index (κ2) is 6.50. The van der Waals surface area contributed by atoms with E-state index in [1.165, 1.54) is 33.4 Å². The van der Waals surface area contributed by atoms with Gasteiger partial charge in [0, 0.05) is 0 Å². The first-order valence-corrected chi connectivity index (χ1v) is 12.9. The van der Waals surface area contributed by atoms with E-state index in [0.29, 0.717) is 26.3 Å². The predicted molar refractivity (Wildman–Crippen MR) is 92.1 cm³/mol. The third-order valence-electron chi connectivity index (χ3n) is 4.24. The maximum absolute atomic E-state index is 2.34.